The van der Waals surface area contributed by atoms with Gasteiger partial charge in [-0.1, -0.05) is 18.5 Å². The van der Waals surface area contributed by atoms with E-state index in [-0.39, 0.29) is 0 Å². The Hall–Kier alpha value is -3.10. The van der Waals surface area contributed by atoms with Crippen LogP contribution in [0, 0.1) is 0 Å². The number of furan rings is 1. The molecule has 3 heterocycles. The van der Waals surface area contributed by atoms with Gasteiger partial charge in [0.25, 0.3) is 5.56 Å². The molecule has 156 valence electrons. The monoisotopic (exact) mass is 428 g/mol. The van der Waals surface area contributed by atoms with E-state index in [1.54, 1.807) is 29.9 Å². The predicted molar refractivity (Wildman–Crippen MR) is 115 cm³/mol. The molecule has 0 aliphatic carbocycles. The number of aryl methyl sites for hydroxylation is 1. The van der Waals surface area contributed by atoms with Crippen molar-refractivity contribution in [2.45, 2.75) is 26.4 Å². The first kappa shape index (κ1) is 20.2. The molecule has 0 aliphatic heterocycles. The van der Waals surface area contributed by atoms with Gasteiger partial charge in [-0.25, -0.2) is 9.78 Å². The maximum atomic E-state index is 12.6. The highest BCUT2D eigenvalue weighted by molar-refractivity contribution is 6.30. The van der Waals surface area contributed by atoms with Crippen LogP contribution in [0.15, 0.2) is 50.4 Å². The van der Waals surface area contributed by atoms with Crippen molar-refractivity contribution in [2.75, 3.05) is 13.7 Å². The largest absolute Gasteiger partial charge is 0.453 e. The Balaban J connectivity index is 1.91. The van der Waals surface area contributed by atoms with Gasteiger partial charge >= 0.3 is 5.69 Å². The van der Waals surface area contributed by atoms with Gasteiger partial charge < -0.3 is 13.7 Å². The van der Waals surface area contributed by atoms with Gasteiger partial charge in [-0.05, 0) is 42.8 Å². The first-order valence-corrected chi connectivity index (χ1v) is 9.99. The molecule has 9 heteroatoms. The second kappa shape index (κ2) is 8.33. The number of halogens is 1. The van der Waals surface area contributed by atoms with Crippen molar-refractivity contribution in [3.63, 3.8) is 0 Å². The van der Waals surface area contributed by atoms with Crippen molar-refractivity contribution in [1.29, 1.82) is 0 Å². The van der Waals surface area contributed by atoms with E-state index in [0.717, 1.165) is 12.0 Å². The number of rotatable bonds is 7. The van der Waals surface area contributed by atoms with E-state index in [4.69, 9.17) is 20.8 Å². The van der Waals surface area contributed by atoms with Crippen molar-refractivity contribution in [2.24, 2.45) is 0 Å². The first-order chi connectivity index (χ1) is 14.5. The first-order valence-electron chi connectivity index (χ1n) is 9.62. The van der Waals surface area contributed by atoms with Crippen LogP contribution in [-0.2, 0) is 17.8 Å². The average Bonchev–Trinajstić information content (AvgIpc) is 3.35. The molecule has 1 N–H and O–H groups in total. The van der Waals surface area contributed by atoms with Crippen molar-refractivity contribution in [1.82, 2.24) is 19.1 Å². The number of aromatic amines is 1. The van der Waals surface area contributed by atoms with E-state index in [2.05, 4.69) is 9.97 Å². The van der Waals surface area contributed by atoms with E-state index in [1.807, 2.05) is 25.1 Å². The van der Waals surface area contributed by atoms with Gasteiger partial charge in [0.2, 0.25) is 0 Å². The lowest BCUT2D eigenvalue weighted by Crippen LogP contribution is -2.31. The lowest BCUT2D eigenvalue weighted by atomic mass is 10.2. The summed E-state index contributed by atoms with van der Waals surface area (Å²) in [7, 11) is 1.58. The Morgan fingerprint density at radius 3 is 2.50 bits per heavy atom. The van der Waals surface area contributed by atoms with E-state index < -0.39 is 11.2 Å². The normalized spacial score (nSPS) is 11.4. The summed E-state index contributed by atoms with van der Waals surface area (Å²) in [6.07, 6.45) is 0.725. The number of nitrogens with zero attached hydrogens (tertiary/aromatic N) is 3. The van der Waals surface area contributed by atoms with Gasteiger partial charge in [0, 0.05) is 30.8 Å². The van der Waals surface area contributed by atoms with Gasteiger partial charge in [-0.2, -0.15) is 0 Å². The van der Waals surface area contributed by atoms with Crippen LogP contribution in [0.5, 0.6) is 0 Å². The topological polar surface area (TPSA) is 95.0 Å². The molecule has 1 aromatic carbocycles. The average molecular weight is 429 g/mol. The fraction of sp³-hybridized carbons (Fsp3) is 0.286. The number of methoxy groups -OCH3 is 1. The number of nitrogens with one attached hydrogen (secondary N) is 1. The lowest BCUT2D eigenvalue weighted by Gasteiger charge is -2.07. The van der Waals surface area contributed by atoms with Gasteiger partial charge in [-0.15, -0.1) is 0 Å². The van der Waals surface area contributed by atoms with Crippen LogP contribution >= 0.6 is 11.6 Å². The molecule has 0 fully saturated rings. The zero-order valence-corrected chi connectivity index (χ0v) is 17.4. The summed E-state index contributed by atoms with van der Waals surface area (Å²) < 4.78 is 14.5. The molecule has 30 heavy (non-hydrogen) atoms. The Labute approximate surface area is 176 Å². The molecule has 0 saturated heterocycles. The zero-order chi connectivity index (χ0) is 21.3. The lowest BCUT2D eigenvalue weighted by molar-refractivity contribution is 0.188. The third-order valence-corrected chi connectivity index (χ3v) is 5.06. The molecular weight excluding hydrogens is 408 g/mol. The van der Waals surface area contributed by atoms with Gasteiger partial charge in [0.15, 0.2) is 22.7 Å². The van der Waals surface area contributed by atoms with Crippen LogP contribution in [0.3, 0.4) is 0 Å². The zero-order valence-electron chi connectivity index (χ0n) is 16.6. The van der Waals surface area contributed by atoms with Crippen molar-refractivity contribution in [3.05, 3.63) is 62.3 Å². The smallest absolute Gasteiger partial charge is 0.330 e. The number of hydrogen-bond acceptors (Lipinski definition) is 5. The molecule has 0 atom stereocenters. The minimum absolute atomic E-state index is 0.319. The van der Waals surface area contributed by atoms with Crippen molar-refractivity contribution >= 4 is 22.8 Å². The van der Waals surface area contributed by atoms with E-state index in [1.165, 1.54) is 4.57 Å². The highest BCUT2D eigenvalue weighted by Crippen LogP contribution is 2.30. The highest BCUT2D eigenvalue weighted by Gasteiger charge is 2.21. The third-order valence-electron chi connectivity index (χ3n) is 4.81. The molecule has 0 amide bonds. The summed E-state index contributed by atoms with van der Waals surface area (Å²) in [4.78, 5) is 32.0. The molecule has 0 bridgehead atoms. The van der Waals surface area contributed by atoms with Crippen LogP contribution in [0.2, 0.25) is 5.02 Å². The number of imidazole rings is 1. The Morgan fingerprint density at radius 2 is 1.80 bits per heavy atom. The molecule has 4 aromatic rings. The minimum atomic E-state index is -0.485. The third kappa shape index (κ3) is 3.59. The summed E-state index contributed by atoms with van der Waals surface area (Å²) in [5.41, 5.74) is 0.562. The van der Waals surface area contributed by atoms with Crippen LogP contribution < -0.4 is 11.2 Å². The van der Waals surface area contributed by atoms with E-state index >= 15 is 0 Å². The fourth-order valence-electron chi connectivity index (χ4n) is 3.42. The van der Waals surface area contributed by atoms with Crippen LogP contribution in [0.1, 0.15) is 13.3 Å². The Kier molecular flexibility index (Phi) is 5.61. The summed E-state index contributed by atoms with van der Waals surface area (Å²) in [5, 5.41) is 0.639. The van der Waals surface area contributed by atoms with Crippen LogP contribution in [0.4, 0.5) is 0 Å². The standard InChI is InChI=1S/C21H21ClN4O4/c1-3-10-26-19-17(20(27)24-21(26)28)25(11-12-29-2)18(23-19)16-9-8-15(30-16)13-4-6-14(22)7-5-13/h4-9H,3,10-12H2,1-2H3,(H,24,27,28). The second-order valence-electron chi connectivity index (χ2n) is 6.83. The van der Waals surface area contributed by atoms with Crippen molar-refractivity contribution < 1.29 is 9.15 Å². The summed E-state index contributed by atoms with van der Waals surface area (Å²) in [6.45, 7) is 3.15. The molecule has 8 nitrogen and oxygen atoms in total. The number of benzene rings is 1. The molecule has 4 rings (SSSR count). The SMILES string of the molecule is CCCn1c(=O)[nH]c(=O)c2c1nc(-c1ccc(-c3ccc(Cl)cc3)o1)n2CCOC. The summed E-state index contributed by atoms with van der Waals surface area (Å²) in [6, 6.07) is 10.9. The predicted octanol–water partition coefficient (Wildman–Crippen LogP) is 3.52. The summed E-state index contributed by atoms with van der Waals surface area (Å²) >= 11 is 5.97. The number of fused-ring (bicyclic) bond motifs is 1. The van der Waals surface area contributed by atoms with Gasteiger partial charge in [-0.3, -0.25) is 14.3 Å². The minimum Gasteiger partial charge on any atom is -0.453 e. The maximum Gasteiger partial charge on any atom is 0.330 e. The second-order valence-corrected chi connectivity index (χ2v) is 7.27. The fourth-order valence-corrected chi connectivity index (χ4v) is 3.55. The number of ether oxygens (including phenoxy) is 1. The van der Waals surface area contributed by atoms with E-state index in [9.17, 15) is 9.59 Å². The molecule has 0 unspecified atom stereocenters. The molecular formula is C21H21ClN4O4. The van der Waals surface area contributed by atoms with Gasteiger partial charge in [0.05, 0.1) is 6.61 Å². The maximum absolute atomic E-state index is 12.6. The Bertz CT molecular complexity index is 1300. The molecule has 0 spiro atoms. The van der Waals surface area contributed by atoms with E-state index in [0.29, 0.717) is 53.2 Å². The number of H-pyrrole nitrogens is 1. The molecule has 3 aromatic heterocycles. The number of hydrogen-bond donors (Lipinski definition) is 1. The highest BCUT2D eigenvalue weighted by atomic mass is 35.5. The Morgan fingerprint density at radius 1 is 1.07 bits per heavy atom. The van der Waals surface area contributed by atoms with Crippen LogP contribution in [-0.4, -0.2) is 32.8 Å². The quantitative estimate of drug-likeness (QED) is 0.486. The molecule has 0 radical (unpaired) electrons. The number of aromatic nitrogens is 4. The molecule has 0 aliphatic rings. The van der Waals surface area contributed by atoms with Crippen LogP contribution in [0.25, 0.3) is 34.1 Å². The van der Waals surface area contributed by atoms with Crippen molar-refractivity contribution in [3.8, 4) is 22.9 Å². The summed E-state index contributed by atoms with van der Waals surface area (Å²) in [5.74, 6) is 1.59. The van der Waals surface area contributed by atoms with Gasteiger partial charge in [0.1, 0.15) is 5.76 Å². The molecule has 0 saturated carbocycles.